The van der Waals surface area contributed by atoms with Gasteiger partial charge >= 0.3 is 0 Å². The third-order valence-corrected chi connectivity index (χ3v) is 4.85. The molecule has 2 saturated heterocycles. The molecule has 4 nitrogen and oxygen atoms in total. The van der Waals surface area contributed by atoms with Crippen molar-refractivity contribution in [1.29, 1.82) is 0 Å². The summed E-state index contributed by atoms with van der Waals surface area (Å²) in [7, 11) is 0. The highest BCUT2D eigenvalue weighted by Gasteiger charge is 2.62. The first kappa shape index (κ1) is 12.2. The molecular weight excluding hydrogens is 230 g/mol. The standard InChI is InChI=1S/C14H21NO3/c1-9-8-18-14(6-4-3-5-7-14)15-12(9)11(10(2)16)13(15)17/h9,11-12H,3-8H2,1-2H3/t9-,11-,12-/m1/s1. The van der Waals surface area contributed by atoms with Gasteiger partial charge in [-0.1, -0.05) is 13.3 Å². The van der Waals surface area contributed by atoms with Gasteiger partial charge in [-0.15, -0.1) is 0 Å². The van der Waals surface area contributed by atoms with Gasteiger partial charge in [0.05, 0.1) is 12.6 Å². The normalized spacial score (nSPS) is 38.2. The highest BCUT2D eigenvalue weighted by atomic mass is 16.5. The van der Waals surface area contributed by atoms with E-state index in [2.05, 4.69) is 6.92 Å². The molecule has 100 valence electrons. The molecule has 1 saturated carbocycles. The number of rotatable bonds is 1. The molecule has 0 unspecified atom stereocenters. The molecule has 0 radical (unpaired) electrons. The van der Waals surface area contributed by atoms with Crippen molar-refractivity contribution in [3.05, 3.63) is 0 Å². The van der Waals surface area contributed by atoms with Crippen molar-refractivity contribution in [3.63, 3.8) is 0 Å². The Morgan fingerprint density at radius 3 is 2.61 bits per heavy atom. The van der Waals surface area contributed by atoms with Crippen LogP contribution in [0, 0.1) is 11.8 Å². The highest BCUT2D eigenvalue weighted by Crippen LogP contribution is 2.48. The van der Waals surface area contributed by atoms with Crippen molar-refractivity contribution in [2.75, 3.05) is 6.61 Å². The first-order chi connectivity index (χ1) is 8.57. The van der Waals surface area contributed by atoms with E-state index in [4.69, 9.17) is 4.74 Å². The highest BCUT2D eigenvalue weighted by molar-refractivity contribution is 6.06. The Bertz CT molecular complexity index is 387. The Morgan fingerprint density at radius 1 is 1.33 bits per heavy atom. The molecule has 0 N–H and O–H groups in total. The predicted octanol–water partition coefficient (Wildman–Crippen LogP) is 1.73. The Hall–Kier alpha value is -0.900. The molecule has 3 atom stereocenters. The Kier molecular flexibility index (Phi) is 2.73. The summed E-state index contributed by atoms with van der Waals surface area (Å²) < 4.78 is 6.04. The van der Waals surface area contributed by atoms with Crippen molar-refractivity contribution in [2.24, 2.45) is 11.8 Å². The summed E-state index contributed by atoms with van der Waals surface area (Å²) in [6.45, 7) is 4.30. The van der Waals surface area contributed by atoms with Crippen molar-refractivity contribution in [2.45, 2.75) is 57.7 Å². The second-order valence-corrected chi connectivity index (χ2v) is 6.08. The number of β-lactam (4-membered cyclic amide) rings is 1. The van der Waals surface area contributed by atoms with Crippen molar-refractivity contribution in [3.8, 4) is 0 Å². The molecule has 3 fully saturated rings. The van der Waals surface area contributed by atoms with Crippen LogP contribution < -0.4 is 0 Å². The van der Waals surface area contributed by atoms with Crippen LogP contribution in [0.4, 0.5) is 0 Å². The lowest BCUT2D eigenvalue weighted by Crippen LogP contribution is -2.76. The topological polar surface area (TPSA) is 46.6 Å². The van der Waals surface area contributed by atoms with Crippen LogP contribution in [0.25, 0.3) is 0 Å². The van der Waals surface area contributed by atoms with E-state index >= 15 is 0 Å². The van der Waals surface area contributed by atoms with Gasteiger partial charge < -0.3 is 9.64 Å². The molecule has 2 aliphatic heterocycles. The molecule has 0 bridgehead atoms. The van der Waals surface area contributed by atoms with Gasteiger partial charge in [-0.05, 0) is 32.6 Å². The van der Waals surface area contributed by atoms with Crippen molar-refractivity contribution >= 4 is 11.7 Å². The van der Waals surface area contributed by atoms with Gasteiger partial charge in [-0.2, -0.15) is 0 Å². The van der Waals surface area contributed by atoms with Crippen molar-refractivity contribution < 1.29 is 14.3 Å². The molecule has 2 heterocycles. The Balaban J connectivity index is 1.89. The molecule has 0 aromatic heterocycles. The van der Waals surface area contributed by atoms with Gasteiger partial charge in [0.25, 0.3) is 0 Å². The minimum absolute atomic E-state index is 0.000880. The van der Waals surface area contributed by atoms with Gasteiger partial charge in [-0.3, -0.25) is 9.59 Å². The molecule has 18 heavy (non-hydrogen) atoms. The SMILES string of the molecule is CC(=O)[C@H]1C(=O)N2[C@@H]1[C@H](C)COC21CCCCC1. The largest absolute Gasteiger partial charge is 0.355 e. The minimum Gasteiger partial charge on any atom is -0.355 e. The van der Waals surface area contributed by atoms with Gasteiger partial charge in [0.1, 0.15) is 17.4 Å². The smallest absolute Gasteiger partial charge is 0.237 e. The molecular formula is C14H21NO3. The second-order valence-electron chi connectivity index (χ2n) is 6.08. The summed E-state index contributed by atoms with van der Waals surface area (Å²) in [6, 6.07) is 0.0850. The number of fused-ring (bicyclic) bond motifs is 2. The maximum Gasteiger partial charge on any atom is 0.237 e. The summed E-state index contributed by atoms with van der Waals surface area (Å²) in [5, 5.41) is 0. The van der Waals surface area contributed by atoms with E-state index in [0.717, 1.165) is 25.7 Å². The molecule has 3 rings (SSSR count). The lowest BCUT2D eigenvalue weighted by molar-refractivity contribution is -0.266. The zero-order valence-corrected chi connectivity index (χ0v) is 11.1. The first-order valence-corrected chi connectivity index (χ1v) is 7.04. The van der Waals surface area contributed by atoms with Crippen LogP contribution in [0.1, 0.15) is 46.0 Å². The van der Waals surface area contributed by atoms with E-state index in [9.17, 15) is 9.59 Å². The van der Waals surface area contributed by atoms with Crippen LogP contribution in [0.3, 0.4) is 0 Å². The molecule has 0 aromatic rings. The lowest BCUT2D eigenvalue weighted by atomic mass is 9.72. The molecule has 4 heteroatoms. The lowest BCUT2D eigenvalue weighted by Gasteiger charge is -2.62. The molecule has 3 aliphatic rings. The summed E-state index contributed by atoms with van der Waals surface area (Å²) in [4.78, 5) is 25.8. The van der Waals surface area contributed by atoms with E-state index in [-0.39, 0.29) is 29.4 Å². The predicted molar refractivity (Wildman–Crippen MR) is 65.7 cm³/mol. The van der Waals surface area contributed by atoms with Crippen LogP contribution >= 0.6 is 0 Å². The summed E-state index contributed by atoms with van der Waals surface area (Å²) in [6.07, 6.45) is 5.34. The number of nitrogens with zero attached hydrogens (tertiary/aromatic N) is 1. The van der Waals surface area contributed by atoms with E-state index in [1.807, 2.05) is 4.90 Å². The minimum atomic E-state index is -0.400. The number of amides is 1. The van der Waals surface area contributed by atoms with Crippen molar-refractivity contribution in [1.82, 2.24) is 4.90 Å². The number of ketones is 1. The summed E-state index contributed by atoms with van der Waals surface area (Å²) in [5.41, 5.74) is -0.377. The van der Waals surface area contributed by atoms with Crippen LogP contribution in [-0.2, 0) is 14.3 Å². The average molecular weight is 251 g/mol. The van der Waals surface area contributed by atoms with Crippen LogP contribution in [0.15, 0.2) is 0 Å². The summed E-state index contributed by atoms with van der Waals surface area (Å²) >= 11 is 0. The van der Waals surface area contributed by atoms with Crippen LogP contribution in [0.2, 0.25) is 0 Å². The van der Waals surface area contributed by atoms with Gasteiger partial charge in [0.15, 0.2) is 0 Å². The molecule has 1 amide bonds. The average Bonchev–Trinajstić information content (AvgIpc) is 2.32. The Labute approximate surface area is 108 Å². The fourth-order valence-corrected chi connectivity index (χ4v) is 3.92. The number of hydrogen-bond acceptors (Lipinski definition) is 3. The maximum absolute atomic E-state index is 12.3. The van der Waals surface area contributed by atoms with E-state index in [0.29, 0.717) is 6.61 Å². The van der Waals surface area contributed by atoms with E-state index < -0.39 is 5.92 Å². The molecule has 1 aliphatic carbocycles. The zero-order valence-electron chi connectivity index (χ0n) is 11.1. The van der Waals surface area contributed by atoms with Gasteiger partial charge in [0, 0.05) is 5.92 Å². The fourth-order valence-electron chi connectivity index (χ4n) is 3.92. The van der Waals surface area contributed by atoms with Crippen LogP contribution in [0.5, 0.6) is 0 Å². The number of carbonyl (C=O) groups excluding carboxylic acids is 2. The summed E-state index contributed by atoms with van der Waals surface area (Å²) in [5.74, 6) is -0.117. The molecule has 1 spiro atoms. The monoisotopic (exact) mass is 251 g/mol. The number of hydrogen-bond donors (Lipinski definition) is 0. The number of ether oxygens (including phenoxy) is 1. The quantitative estimate of drug-likeness (QED) is 0.526. The third kappa shape index (κ3) is 1.48. The third-order valence-electron chi connectivity index (χ3n) is 4.85. The van der Waals surface area contributed by atoms with E-state index in [1.165, 1.54) is 13.3 Å². The first-order valence-electron chi connectivity index (χ1n) is 7.04. The maximum atomic E-state index is 12.3. The second kappa shape index (κ2) is 4.05. The fraction of sp³-hybridized carbons (Fsp3) is 0.857. The van der Waals surface area contributed by atoms with Crippen LogP contribution in [-0.4, -0.2) is 35.0 Å². The Morgan fingerprint density at radius 2 is 2.00 bits per heavy atom. The van der Waals surface area contributed by atoms with Gasteiger partial charge in [-0.25, -0.2) is 0 Å². The van der Waals surface area contributed by atoms with Gasteiger partial charge in [0.2, 0.25) is 5.91 Å². The van der Waals surface area contributed by atoms with E-state index in [1.54, 1.807) is 0 Å². The number of Topliss-reactive ketones (excluding diaryl/α,β-unsaturated/α-hetero) is 1. The molecule has 0 aromatic carbocycles. The number of carbonyl (C=O) groups is 2. The zero-order chi connectivity index (χ0) is 12.9.